The first-order valence-corrected chi connectivity index (χ1v) is 8.88. The second-order valence-corrected chi connectivity index (χ2v) is 7.30. The van der Waals surface area contributed by atoms with Gasteiger partial charge in [-0.15, -0.1) is 0 Å². The second kappa shape index (κ2) is 6.94. The lowest BCUT2D eigenvalue weighted by Crippen LogP contribution is -2.57. The summed E-state index contributed by atoms with van der Waals surface area (Å²) in [6, 6.07) is 0. The Labute approximate surface area is 147 Å². The van der Waals surface area contributed by atoms with Crippen LogP contribution in [0.2, 0.25) is 5.02 Å². The molecule has 132 valence electrons. The Kier molecular flexibility index (Phi) is 5.08. The first kappa shape index (κ1) is 17.6. The predicted octanol–water partition coefficient (Wildman–Crippen LogP) is 2.08. The molecule has 1 aromatic rings. The van der Waals surface area contributed by atoms with E-state index in [0.29, 0.717) is 38.5 Å². The van der Waals surface area contributed by atoms with E-state index in [2.05, 4.69) is 9.97 Å². The number of piperidine rings is 1. The first-order valence-electron chi connectivity index (χ1n) is 8.50. The van der Waals surface area contributed by atoms with Crippen LogP contribution in [-0.4, -0.2) is 57.8 Å². The largest absolute Gasteiger partial charge is 0.389 e. The number of carbonyl (C=O) groups excluding carboxylic acids is 1. The van der Waals surface area contributed by atoms with E-state index in [-0.39, 0.29) is 28.5 Å². The normalized spacial score (nSPS) is 28.8. The number of likely N-dealkylation sites (tertiary alicyclic amines) is 1. The summed E-state index contributed by atoms with van der Waals surface area (Å²) < 4.78 is 5.41. The van der Waals surface area contributed by atoms with Crippen LogP contribution in [0.3, 0.4) is 0 Å². The molecule has 1 amide bonds. The van der Waals surface area contributed by atoms with Gasteiger partial charge in [0.05, 0.1) is 16.8 Å². The average Bonchev–Trinajstić information content (AvgIpc) is 2.59. The number of aliphatic hydroxyl groups is 1. The third-order valence-corrected chi connectivity index (χ3v) is 5.69. The van der Waals surface area contributed by atoms with Crippen LogP contribution in [0.4, 0.5) is 0 Å². The van der Waals surface area contributed by atoms with E-state index >= 15 is 0 Å². The van der Waals surface area contributed by atoms with Gasteiger partial charge in [-0.1, -0.05) is 18.5 Å². The Morgan fingerprint density at radius 3 is 2.83 bits per heavy atom. The molecule has 2 aliphatic heterocycles. The molecule has 0 radical (unpaired) electrons. The standard InChI is InChI=1S/C17H24ClN3O3/c1-11-10-21(16(22)15-14(18)9-19-12(2)20-15)6-5-17(11,23)13-3-7-24-8-4-13/h9,11,13,23H,3-8,10H2,1-2H3/t11-,17+/m1/s1. The zero-order valence-corrected chi connectivity index (χ0v) is 14.9. The van der Waals surface area contributed by atoms with E-state index in [1.165, 1.54) is 6.20 Å². The molecule has 2 saturated heterocycles. The monoisotopic (exact) mass is 353 g/mol. The van der Waals surface area contributed by atoms with Crippen molar-refractivity contribution >= 4 is 17.5 Å². The summed E-state index contributed by atoms with van der Waals surface area (Å²) in [5.74, 6) is 0.571. The zero-order valence-electron chi connectivity index (χ0n) is 14.2. The fourth-order valence-corrected chi connectivity index (χ4v) is 4.06. The van der Waals surface area contributed by atoms with Crippen molar-refractivity contribution in [2.24, 2.45) is 11.8 Å². The number of hydrogen-bond acceptors (Lipinski definition) is 5. The van der Waals surface area contributed by atoms with Crippen LogP contribution < -0.4 is 0 Å². The number of amides is 1. The van der Waals surface area contributed by atoms with Crippen molar-refractivity contribution in [1.82, 2.24) is 14.9 Å². The van der Waals surface area contributed by atoms with Gasteiger partial charge in [-0.05, 0) is 32.1 Å². The summed E-state index contributed by atoms with van der Waals surface area (Å²) in [7, 11) is 0. The van der Waals surface area contributed by atoms with E-state index in [1.807, 2.05) is 6.92 Å². The Morgan fingerprint density at radius 1 is 1.46 bits per heavy atom. The molecule has 0 aromatic carbocycles. The summed E-state index contributed by atoms with van der Waals surface area (Å²) in [6.07, 6.45) is 3.80. The van der Waals surface area contributed by atoms with Gasteiger partial charge in [0.25, 0.3) is 5.91 Å². The first-order chi connectivity index (χ1) is 11.4. The summed E-state index contributed by atoms with van der Waals surface area (Å²) in [4.78, 5) is 22.7. The molecular formula is C17H24ClN3O3. The molecule has 24 heavy (non-hydrogen) atoms. The van der Waals surface area contributed by atoms with Crippen molar-refractivity contribution in [3.8, 4) is 0 Å². The van der Waals surface area contributed by atoms with Gasteiger partial charge in [-0.3, -0.25) is 4.79 Å². The van der Waals surface area contributed by atoms with E-state index in [0.717, 1.165) is 12.8 Å². The number of rotatable bonds is 2. The van der Waals surface area contributed by atoms with Gasteiger partial charge in [0.2, 0.25) is 0 Å². The average molecular weight is 354 g/mol. The maximum absolute atomic E-state index is 12.8. The molecule has 0 saturated carbocycles. The second-order valence-electron chi connectivity index (χ2n) is 6.89. The minimum absolute atomic E-state index is 0.00000898. The van der Waals surface area contributed by atoms with Crippen LogP contribution in [0.1, 0.15) is 42.5 Å². The SMILES string of the molecule is Cc1ncc(Cl)c(C(=O)N2CC[C@@](O)(C3CCOCC3)[C@H](C)C2)n1. The maximum atomic E-state index is 12.8. The number of hydrogen-bond donors (Lipinski definition) is 1. The van der Waals surface area contributed by atoms with E-state index in [9.17, 15) is 9.90 Å². The van der Waals surface area contributed by atoms with Gasteiger partial charge >= 0.3 is 0 Å². The molecule has 6 nitrogen and oxygen atoms in total. The number of aromatic nitrogens is 2. The third-order valence-electron chi connectivity index (χ3n) is 5.41. The summed E-state index contributed by atoms with van der Waals surface area (Å²) in [6.45, 7) is 6.18. The van der Waals surface area contributed by atoms with Crippen molar-refractivity contribution < 1.29 is 14.6 Å². The molecule has 0 spiro atoms. The van der Waals surface area contributed by atoms with Crippen molar-refractivity contribution in [2.75, 3.05) is 26.3 Å². The topological polar surface area (TPSA) is 75.6 Å². The van der Waals surface area contributed by atoms with Crippen LogP contribution in [0.25, 0.3) is 0 Å². The van der Waals surface area contributed by atoms with Gasteiger partial charge in [0.1, 0.15) is 5.82 Å². The highest BCUT2D eigenvalue weighted by atomic mass is 35.5. The fraction of sp³-hybridized carbons (Fsp3) is 0.706. The van der Waals surface area contributed by atoms with Crippen LogP contribution in [0.5, 0.6) is 0 Å². The van der Waals surface area contributed by atoms with Crippen LogP contribution in [-0.2, 0) is 4.74 Å². The molecule has 2 aliphatic rings. The smallest absolute Gasteiger partial charge is 0.274 e. The van der Waals surface area contributed by atoms with Gasteiger partial charge in [0.15, 0.2) is 5.69 Å². The molecule has 2 fully saturated rings. The van der Waals surface area contributed by atoms with Crippen LogP contribution in [0.15, 0.2) is 6.20 Å². The summed E-state index contributed by atoms with van der Waals surface area (Å²) >= 11 is 6.09. The van der Waals surface area contributed by atoms with E-state index in [4.69, 9.17) is 16.3 Å². The lowest BCUT2D eigenvalue weighted by atomic mass is 9.70. The lowest BCUT2D eigenvalue weighted by Gasteiger charge is -2.48. The third kappa shape index (κ3) is 3.27. The van der Waals surface area contributed by atoms with Crippen LogP contribution in [0, 0.1) is 18.8 Å². The van der Waals surface area contributed by atoms with Crippen molar-refractivity contribution in [3.05, 3.63) is 22.7 Å². The number of aryl methyl sites for hydroxylation is 1. The lowest BCUT2D eigenvalue weighted by molar-refractivity contribution is -0.125. The van der Waals surface area contributed by atoms with Crippen molar-refractivity contribution in [1.29, 1.82) is 0 Å². The number of carbonyl (C=O) groups is 1. The van der Waals surface area contributed by atoms with Gasteiger partial charge < -0.3 is 14.7 Å². The molecule has 0 aliphatic carbocycles. The molecule has 1 aromatic heterocycles. The summed E-state index contributed by atoms with van der Waals surface area (Å²) in [5.41, 5.74) is -0.487. The molecule has 3 rings (SSSR count). The maximum Gasteiger partial charge on any atom is 0.274 e. The Morgan fingerprint density at radius 2 is 2.17 bits per heavy atom. The highest BCUT2D eigenvalue weighted by Crippen LogP contribution is 2.39. The van der Waals surface area contributed by atoms with Gasteiger partial charge in [-0.2, -0.15) is 0 Å². The molecule has 0 bridgehead atoms. The van der Waals surface area contributed by atoms with Crippen molar-refractivity contribution in [2.45, 2.75) is 38.7 Å². The predicted molar refractivity (Wildman–Crippen MR) is 90.0 cm³/mol. The van der Waals surface area contributed by atoms with Gasteiger partial charge in [0, 0.05) is 32.2 Å². The highest BCUT2D eigenvalue weighted by Gasteiger charge is 2.46. The quantitative estimate of drug-likeness (QED) is 0.881. The van der Waals surface area contributed by atoms with Crippen molar-refractivity contribution in [3.63, 3.8) is 0 Å². The molecule has 1 N–H and O–H groups in total. The Hall–Kier alpha value is -1.24. The number of ether oxygens (including phenoxy) is 1. The van der Waals surface area contributed by atoms with E-state index < -0.39 is 5.60 Å². The Balaban J connectivity index is 1.73. The highest BCUT2D eigenvalue weighted by molar-refractivity contribution is 6.33. The fourth-order valence-electron chi connectivity index (χ4n) is 3.88. The zero-order chi connectivity index (χ0) is 17.3. The number of nitrogens with zero attached hydrogens (tertiary/aromatic N) is 3. The summed E-state index contributed by atoms with van der Waals surface area (Å²) in [5, 5.41) is 11.5. The minimum atomic E-state index is -0.730. The number of halogens is 1. The molecule has 2 atom stereocenters. The van der Waals surface area contributed by atoms with Gasteiger partial charge in [-0.25, -0.2) is 9.97 Å². The van der Waals surface area contributed by atoms with Crippen LogP contribution >= 0.6 is 11.6 Å². The Bertz CT molecular complexity index is 621. The molecular weight excluding hydrogens is 330 g/mol. The van der Waals surface area contributed by atoms with E-state index in [1.54, 1.807) is 11.8 Å². The molecule has 0 unspecified atom stereocenters. The molecule has 3 heterocycles. The minimum Gasteiger partial charge on any atom is -0.389 e. The molecule has 7 heteroatoms.